The number of halogens is 1. The first-order chi connectivity index (χ1) is 10.5. The molecule has 3 rings (SSSR count). The monoisotopic (exact) mass is 334 g/mol. The Labute approximate surface area is 131 Å². The van der Waals surface area contributed by atoms with Gasteiger partial charge in [-0.2, -0.15) is 0 Å². The Morgan fingerprint density at radius 3 is 2.55 bits per heavy atom. The molecule has 1 N–H and O–H groups in total. The summed E-state index contributed by atoms with van der Waals surface area (Å²) in [6.45, 7) is 0. The minimum Gasteiger partial charge on any atom is -0.255 e. The molecular weight excluding hydrogens is 323 g/mol. The summed E-state index contributed by atoms with van der Waals surface area (Å²) >= 11 is 1.17. The summed E-state index contributed by atoms with van der Waals surface area (Å²) in [5, 5.41) is 2.00. The number of benzene rings is 2. The molecule has 1 heterocycles. The summed E-state index contributed by atoms with van der Waals surface area (Å²) in [5.41, 5.74) is 1.58. The molecule has 0 saturated heterocycles. The van der Waals surface area contributed by atoms with Crippen molar-refractivity contribution in [2.45, 2.75) is 4.90 Å². The third-order valence-electron chi connectivity index (χ3n) is 2.90. The van der Waals surface area contributed by atoms with Crippen molar-refractivity contribution < 1.29 is 12.8 Å². The highest BCUT2D eigenvalue weighted by atomic mass is 32.2. The summed E-state index contributed by atoms with van der Waals surface area (Å²) in [7, 11) is -3.85. The fourth-order valence-electron chi connectivity index (χ4n) is 1.87. The molecule has 4 nitrogen and oxygen atoms in total. The molecule has 0 aliphatic rings. The van der Waals surface area contributed by atoms with Crippen LogP contribution in [0.15, 0.2) is 64.9 Å². The van der Waals surface area contributed by atoms with Crippen molar-refractivity contribution in [3.05, 3.63) is 65.8 Å². The largest absolute Gasteiger partial charge is 0.263 e. The van der Waals surface area contributed by atoms with Crippen LogP contribution in [0, 0.1) is 5.82 Å². The lowest BCUT2D eigenvalue weighted by atomic mass is 10.2. The highest BCUT2D eigenvalue weighted by Crippen LogP contribution is 2.26. The number of anilines is 1. The third kappa shape index (κ3) is 3.15. The van der Waals surface area contributed by atoms with Gasteiger partial charge in [-0.25, -0.2) is 17.8 Å². The molecule has 0 aliphatic carbocycles. The lowest BCUT2D eigenvalue weighted by Crippen LogP contribution is -2.12. The summed E-state index contributed by atoms with van der Waals surface area (Å²) < 4.78 is 39.9. The molecule has 2 aromatic carbocycles. The molecule has 3 aromatic rings. The van der Waals surface area contributed by atoms with E-state index in [9.17, 15) is 12.8 Å². The van der Waals surface area contributed by atoms with Crippen LogP contribution in [0.4, 0.5) is 9.52 Å². The van der Waals surface area contributed by atoms with Gasteiger partial charge >= 0.3 is 0 Å². The molecule has 112 valence electrons. The molecule has 0 fully saturated rings. The predicted molar refractivity (Wildman–Crippen MR) is 84.8 cm³/mol. The number of rotatable bonds is 4. The topological polar surface area (TPSA) is 59.1 Å². The number of thiazole rings is 1. The Kier molecular flexibility index (Phi) is 3.91. The molecule has 0 saturated carbocycles. The average Bonchev–Trinajstić information content (AvgIpc) is 2.96. The lowest BCUT2D eigenvalue weighted by molar-refractivity contribution is 0.595. The average molecular weight is 334 g/mol. The van der Waals surface area contributed by atoms with Crippen LogP contribution in [0.25, 0.3) is 11.3 Å². The Bertz CT molecular complexity index is 893. The molecule has 22 heavy (non-hydrogen) atoms. The second-order valence-corrected chi connectivity index (χ2v) is 7.01. The molecule has 1 aromatic heterocycles. The van der Waals surface area contributed by atoms with E-state index in [1.165, 1.54) is 29.5 Å². The van der Waals surface area contributed by atoms with Crippen LogP contribution < -0.4 is 4.72 Å². The van der Waals surface area contributed by atoms with Crippen LogP contribution in [-0.4, -0.2) is 13.4 Å². The first kappa shape index (κ1) is 14.7. The quantitative estimate of drug-likeness (QED) is 0.790. The molecule has 0 bridgehead atoms. The van der Waals surface area contributed by atoms with Gasteiger partial charge in [0.25, 0.3) is 10.0 Å². The molecule has 0 radical (unpaired) electrons. The minimum atomic E-state index is -3.85. The van der Waals surface area contributed by atoms with Gasteiger partial charge in [-0.1, -0.05) is 36.4 Å². The molecule has 0 unspecified atom stereocenters. The Hall–Kier alpha value is -2.25. The Morgan fingerprint density at radius 2 is 1.82 bits per heavy atom. The Morgan fingerprint density at radius 1 is 1.05 bits per heavy atom. The van der Waals surface area contributed by atoms with Gasteiger partial charge < -0.3 is 0 Å². The zero-order valence-electron chi connectivity index (χ0n) is 11.2. The minimum absolute atomic E-state index is 0.135. The number of aromatic nitrogens is 1. The maximum atomic E-state index is 13.2. The van der Waals surface area contributed by atoms with Crippen LogP contribution >= 0.6 is 11.3 Å². The van der Waals surface area contributed by atoms with Crippen LogP contribution in [0.3, 0.4) is 0 Å². The van der Waals surface area contributed by atoms with E-state index in [-0.39, 0.29) is 10.0 Å². The number of hydrogen-bond donors (Lipinski definition) is 1. The van der Waals surface area contributed by atoms with Crippen molar-refractivity contribution in [2.24, 2.45) is 0 Å². The van der Waals surface area contributed by atoms with E-state index in [0.29, 0.717) is 5.69 Å². The van der Waals surface area contributed by atoms with Crippen molar-refractivity contribution in [3.8, 4) is 11.3 Å². The van der Waals surface area contributed by atoms with Crippen molar-refractivity contribution >= 4 is 26.5 Å². The highest BCUT2D eigenvalue weighted by molar-refractivity contribution is 7.93. The molecule has 0 atom stereocenters. The molecule has 0 amide bonds. The molecule has 7 heteroatoms. The summed E-state index contributed by atoms with van der Waals surface area (Å²) in [6.07, 6.45) is 0. The maximum Gasteiger partial charge on any atom is 0.263 e. The van der Waals surface area contributed by atoms with Gasteiger partial charge in [0.2, 0.25) is 0 Å². The number of sulfonamides is 1. The normalized spacial score (nSPS) is 11.3. The smallest absolute Gasteiger partial charge is 0.255 e. The van der Waals surface area contributed by atoms with E-state index in [4.69, 9.17) is 0 Å². The molecule has 0 spiro atoms. The van der Waals surface area contributed by atoms with Crippen molar-refractivity contribution in [1.29, 1.82) is 0 Å². The van der Waals surface area contributed by atoms with Gasteiger partial charge in [0.05, 0.1) is 10.6 Å². The zero-order valence-corrected chi connectivity index (χ0v) is 12.9. The standard InChI is InChI=1S/C15H11FN2O2S2/c16-12-7-4-8-13(9-12)22(19,20)18-15-17-14(10-21-15)11-5-2-1-3-6-11/h1-10H,(H,17,18). The van der Waals surface area contributed by atoms with Gasteiger partial charge in [0.15, 0.2) is 5.13 Å². The van der Waals surface area contributed by atoms with Crippen LogP contribution in [-0.2, 0) is 10.0 Å². The van der Waals surface area contributed by atoms with Gasteiger partial charge in [0, 0.05) is 10.9 Å². The van der Waals surface area contributed by atoms with E-state index >= 15 is 0 Å². The van der Waals surface area contributed by atoms with Crippen LogP contribution in [0.2, 0.25) is 0 Å². The zero-order chi connectivity index (χ0) is 15.6. The van der Waals surface area contributed by atoms with Crippen LogP contribution in [0.1, 0.15) is 0 Å². The SMILES string of the molecule is O=S(=O)(Nc1nc(-c2ccccc2)cs1)c1cccc(F)c1. The second-order valence-electron chi connectivity index (χ2n) is 4.47. The van der Waals surface area contributed by atoms with Gasteiger partial charge in [-0.15, -0.1) is 11.3 Å². The summed E-state index contributed by atoms with van der Waals surface area (Å²) in [6, 6.07) is 14.3. The number of nitrogens with one attached hydrogen (secondary N) is 1. The van der Waals surface area contributed by atoms with Crippen molar-refractivity contribution in [1.82, 2.24) is 4.98 Å². The Balaban J connectivity index is 1.86. The van der Waals surface area contributed by atoms with Gasteiger partial charge in [-0.3, -0.25) is 4.72 Å². The third-order valence-corrected chi connectivity index (χ3v) is 5.13. The maximum absolute atomic E-state index is 13.2. The fourth-order valence-corrected chi connectivity index (χ4v) is 3.87. The van der Waals surface area contributed by atoms with E-state index in [1.807, 2.05) is 30.3 Å². The van der Waals surface area contributed by atoms with Gasteiger partial charge in [-0.05, 0) is 18.2 Å². The highest BCUT2D eigenvalue weighted by Gasteiger charge is 2.17. The fraction of sp³-hybridized carbons (Fsp3) is 0. The van der Waals surface area contributed by atoms with E-state index in [1.54, 1.807) is 5.38 Å². The van der Waals surface area contributed by atoms with E-state index in [0.717, 1.165) is 11.6 Å². The predicted octanol–water partition coefficient (Wildman–Crippen LogP) is 3.75. The van der Waals surface area contributed by atoms with E-state index < -0.39 is 15.8 Å². The number of hydrogen-bond acceptors (Lipinski definition) is 4. The second kappa shape index (κ2) is 5.86. The molecule has 0 aliphatic heterocycles. The first-order valence-electron chi connectivity index (χ1n) is 6.34. The lowest BCUT2D eigenvalue weighted by Gasteiger charge is -2.04. The van der Waals surface area contributed by atoms with Crippen molar-refractivity contribution in [3.63, 3.8) is 0 Å². The number of nitrogens with zero attached hydrogens (tertiary/aromatic N) is 1. The first-order valence-corrected chi connectivity index (χ1v) is 8.70. The summed E-state index contributed by atoms with van der Waals surface area (Å²) in [4.78, 5) is 4.11. The van der Waals surface area contributed by atoms with Gasteiger partial charge in [0.1, 0.15) is 5.82 Å². The summed E-state index contributed by atoms with van der Waals surface area (Å²) in [5.74, 6) is -0.605. The molecular formula is C15H11FN2O2S2. The van der Waals surface area contributed by atoms with Crippen LogP contribution in [0.5, 0.6) is 0 Å². The van der Waals surface area contributed by atoms with E-state index in [2.05, 4.69) is 9.71 Å². The van der Waals surface area contributed by atoms with Crippen molar-refractivity contribution in [2.75, 3.05) is 4.72 Å².